The quantitative estimate of drug-likeness (QED) is 0.199. The van der Waals surface area contributed by atoms with Crippen LogP contribution < -0.4 is 14.8 Å². The first-order chi connectivity index (χ1) is 18.1. The van der Waals surface area contributed by atoms with Gasteiger partial charge in [0.25, 0.3) is 0 Å². The van der Waals surface area contributed by atoms with E-state index in [2.05, 4.69) is 29.3 Å². The van der Waals surface area contributed by atoms with Crippen LogP contribution in [0.15, 0.2) is 48.5 Å². The minimum absolute atomic E-state index is 0.0132. The minimum Gasteiger partial charge on any atom is -0.497 e. The molecule has 1 unspecified atom stereocenters. The molecule has 0 aromatic heterocycles. The maximum absolute atomic E-state index is 12.8. The Morgan fingerprint density at radius 1 is 0.892 bits per heavy atom. The number of Topliss-reactive ketones (excluding diaryl/α,β-unsaturated/α-hetero) is 1. The third kappa shape index (κ3) is 10.2. The van der Waals surface area contributed by atoms with E-state index in [4.69, 9.17) is 9.47 Å². The van der Waals surface area contributed by atoms with Crippen molar-refractivity contribution in [2.75, 3.05) is 33.4 Å². The van der Waals surface area contributed by atoms with Gasteiger partial charge in [0.1, 0.15) is 11.5 Å². The van der Waals surface area contributed by atoms with Gasteiger partial charge in [-0.15, -0.1) is 0 Å². The highest BCUT2D eigenvalue weighted by molar-refractivity contribution is 5.96. The molecule has 1 saturated heterocycles. The van der Waals surface area contributed by atoms with E-state index in [-0.39, 0.29) is 17.7 Å². The van der Waals surface area contributed by atoms with Gasteiger partial charge in [-0.3, -0.25) is 9.59 Å². The fourth-order valence-corrected chi connectivity index (χ4v) is 4.74. The van der Waals surface area contributed by atoms with Crippen LogP contribution in [0.4, 0.5) is 0 Å². The van der Waals surface area contributed by atoms with Gasteiger partial charge >= 0.3 is 0 Å². The summed E-state index contributed by atoms with van der Waals surface area (Å²) in [6, 6.07) is 15.3. The fraction of sp³-hybridized carbons (Fsp3) is 0.548. The Balaban J connectivity index is 1.47. The molecule has 2 aromatic rings. The molecule has 0 spiro atoms. The number of benzene rings is 2. The summed E-state index contributed by atoms with van der Waals surface area (Å²) in [5.74, 6) is 1.76. The SMILES string of the molecule is CCCCOc1ccc(C(CCCN2CCCC2)NC(=O)CCCCC(=O)c2ccc(OC)cc2)cc1. The van der Waals surface area contributed by atoms with E-state index in [0.717, 1.165) is 55.9 Å². The summed E-state index contributed by atoms with van der Waals surface area (Å²) >= 11 is 0. The number of unbranched alkanes of at least 4 members (excludes halogenated alkanes) is 2. The zero-order valence-electron chi connectivity index (χ0n) is 22.7. The van der Waals surface area contributed by atoms with Gasteiger partial charge in [0.2, 0.25) is 5.91 Å². The van der Waals surface area contributed by atoms with Gasteiger partial charge in [-0.25, -0.2) is 0 Å². The highest BCUT2D eigenvalue weighted by Crippen LogP contribution is 2.23. The summed E-state index contributed by atoms with van der Waals surface area (Å²) < 4.78 is 11.0. The largest absolute Gasteiger partial charge is 0.497 e. The summed E-state index contributed by atoms with van der Waals surface area (Å²) in [5.41, 5.74) is 1.80. The van der Waals surface area contributed by atoms with E-state index >= 15 is 0 Å². The summed E-state index contributed by atoms with van der Waals surface area (Å²) in [4.78, 5) is 27.8. The Labute approximate surface area is 222 Å². The van der Waals surface area contributed by atoms with Crippen molar-refractivity contribution in [3.8, 4) is 11.5 Å². The zero-order chi connectivity index (χ0) is 26.3. The van der Waals surface area contributed by atoms with Crippen molar-refractivity contribution in [1.82, 2.24) is 10.2 Å². The molecule has 0 bridgehead atoms. The molecule has 6 nitrogen and oxygen atoms in total. The number of carbonyl (C=O) groups excluding carboxylic acids is 2. The molecule has 1 N–H and O–H groups in total. The molecule has 1 aliphatic heterocycles. The number of nitrogens with one attached hydrogen (secondary N) is 1. The summed E-state index contributed by atoms with van der Waals surface area (Å²) in [6.45, 7) is 6.34. The van der Waals surface area contributed by atoms with Crippen LogP contribution in [0.5, 0.6) is 11.5 Å². The van der Waals surface area contributed by atoms with E-state index < -0.39 is 0 Å². The second-order valence-corrected chi connectivity index (χ2v) is 9.94. The molecule has 6 heteroatoms. The standard InChI is InChI=1S/C31H44N2O4/c1-3-4-24-37-28-19-13-25(14-20-28)29(10-9-23-33-21-7-8-22-33)32-31(35)12-6-5-11-30(34)26-15-17-27(36-2)18-16-26/h13-20,29H,3-12,21-24H2,1-2H3,(H,32,35). The van der Waals surface area contributed by atoms with Crippen molar-refractivity contribution in [3.05, 3.63) is 59.7 Å². The van der Waals surface area contributed by atoms with Gasteiger partial charge in [0, 0.05) is 18.4 Å². The summed E-state index contributed by atoms with van der Waals surface area (Å²) in [5, 5.41) is 3.27. The molecule has 0 radical (unpaired) electrons. The average Bonchev–Trinajstić information content (AvgIpc) is 3.45. The van der Waals surface area contributed by atoms with E-state index in [9.17, 15) is 9.59 Å². The first-order valence-corrected chi connectivity index (χ1v) is 14.0. The molecule has 1 aliphatic rings. The summed E-state index contributed by atoms with van der Waals surface area (Å²) in [7, 11) is 1.61. The average molecular weight is 509 g/mol. The van der Waals surface area contributed by atoms with Crippen LogP contribution in [0, 0.1) is 0 Å². The maximum Gasteiger partial charge on any atom is 0.220 e. The molecule has 3 rings (SSSR count). The number of amides is 1. The second kappa shape index (κ2) is 16.1. The van der Waals surface area contributed by atoms with Crippen LogP contribution in [0.3, 0.4) is 0 Å². The third-order valence-corrected chi connectivity index (χ3v) is 7.02. The van der Waals surface area contributed by atoms with Gasteiger partial charge < -0.3 is 19.7 Å². The molecule has 1 heterocycles. The van der Waals surface area contributed by atoms with Crippen molar-refractivity contribution < 1.29 is 19.1 Å². The van der Waals surface area contributed by atoms with Gasteiger partial charge in [0.15, 0.2) is 5.78 Å². The first kappa shape index (κ1) is 28.7. The first-order valence-electron chi connectivity index (χ1n) is 14.0. The lowest BCUT2D eigenvalue weighted by atomic mass is 10.0. The molecule has 1 amide bonds. The van der Waals surface area contributed by atoms with Crippen molar-refractivity contribution in [2.24, 2.45) is 0 Å². The van der Waals surface area contributed by atoms with Crippen molar-refractivity contribution in [3.63, 3.8) is 0 Å². The number of rotatable bonds is 17. The molecule has 1 atom stereocenters. The maximum atomic E-state index is 12.8. The number of hydrogen-bond donors (Lipinski definition) is 1. The van der Waals surface area contributed by atoms with Crippen LogP contribution in [-0.4, -0.2) is 49.9 Å². The van der Waals surface area contributed by atoms with Gasteiger partial charge in [0.05, 0.1) is 19.8 Å². The number of likely N-dealkylation sites (tertiary alicyclic amines) is 1. The lowest BCUT2D eigenvalue weighted by molar-refractivity contribution is -0.122. The third-order valence-electron chi connectivity index (χ3n) is 7.02. The van der Waals surface area contributed by atoms with Crippen LogP contribution >= 0.6 is 0 Å². The van der Waals surface area contributed by atoms with Crippen molar-refractivity contribution in [2.45, 2.75) is 77.2 Å². The van der Waals surface area contributed by atoms with Gasteiger partial charge in [-0.2, -0.15) is 0 Å². The lowest BCUT2D eigenvalue weighted by Gasteiger charge is -2.22. The van der Waals surface area contributed by atoms with Crippen LogP contribution in [0.25, 0.3) is 0 Å². The number of methoxy groups -OCH3 is 1. The summed E-state index contributed by atoms with van der Waals surface area (Å²) in [6.07, 6.45) is 8.96. The van der Waals surface area contributed by atoms with Crippen molar-refractivity contribution >= 4 is 11.7 Å². The molecule has 0 aliphatic carbocycles. The topological polar surface area (TPSA) is 67.9 Å². The van der Waals surface area contributed by atoms with Crippen LogP contribution in [-0.2, 0) is 4.79 Å². The number of ether oxygens (including phenoxy) is 2. The van der Waals surface area contributed by atoms with Crippen LogP contribution in [0.1, 0.15) is 93.1 Å². The predicted molar refractivity (Wildman–Crippen MR) is 148 cm³/mol. The molecule has 202 valence electrons. The monoisotopic (exact) mass is 508 g/mol. The highest BCUT2D eigenvalue weighted by atomic mass is 16.5. The highest BCUT2D eigenvalue weighted by Gasteiger charge is 2.17. The predicted octanol–water partition coefficient (Wildman–Crippen LogP) is 6.35. The number of ketones is 1. The number of carbonyl (C=O) groups is 2. The normalized spacial score (nSPS) is 14.3. The second-order valence-electron chi connectivity index (χ2n) is 9.94. The Kier molecular flexibility index (Phi) is 12.5. The Morgan fingerprint density at radius 2 is 1.57 bits per heavy atom. The molecule has 1 fully saturated rings. The van der Waals surface area contributed by atoms with E-state index in [1.165, 1.54) is 25.9 Å². The van der Waals surface area contributed by atoms with Gasteiger partial charge in [-0.05, 0) is 107 Å². The minimum atomic E-state index is -0.0132. The fourth-order valence-electron chi connectivity index (χ4n) is 4.74. The van der Waals surface area contributed by atoms with E-state index in [0.29, 0.717) is 31.2 Å². The van der Waals surface area contributed by atoms with Crippen LogP contribution in [0.2, 0.25) is 0 Å². The zero-order valence-corrected chi connectivity index (χ0v) is 22.7. The van der Waals surface area contributed by atoms with Crippen molar-refractivity contribution in [1.29, 1.82) is 0 Å². The lowest BCUT2D eigenvalue weighted by Crippen LogP contribution is -2.29. The Morgan fingerprint density at radius 3 is 2.24 bits per heavy atom. The number of hydrogen-bond acceptors (Lipinski definition) is 5. The van der Waals surface area contributed by atoms with E-state index in [1.54, 1.807) is 31.4 Å². The molecular weight excluding hydrogens is 464 g/mol. The molecule has 0 saturated carbocycles. The number of nitrogens with zero attached hydrogens (tertiary/aromatic N) is 1. The molecule has 2 aromatic carbocycles. The Bertz CT molecular complexity index is 937. The molecule has 37 heavy (non-hydrogen) atoms. The Hall–Kier alpha value is -2.86. The smallest absolute Gasteiger partial charge is 0.220 e. The van der Waals surface area contributed by atoms with E-state index in [1.807, 2.05) is 12.1 Å². The van der Waals surface area contributed by atoms with Gasteiger partial charge in [-0.1, -0.05) is 25.5 Å². The molecular formula is C31H44N2O4.